The van der Waals surface area contributed by atoms with Gasteiger partial charge in [-0.05, 0) is 26.7 Å². The summed E-state index contributed by atoms with van der Waals surface area (Å²) in [4.78, 5) is 0. The molecule has 0 aliphatic carbocycles. The van der Waals surface area contributed by atoms with Crippen LogP contribution in [0.1, 0.15) is 46.5 Å². The summed E-state index contributed by atoms with van der Waals surface area (Å²) in [5.41, 5.74) is 0. The highest BCUT2D eigenvalue weighted by Gasteiger charge is 2.05. The van der Waals surface area contributed by atoms with Crippen LogP contribution < -0.4 is 0 Å². The van der Waals surface area contributed by atoms with Gasteiger partial charge in [-0.1, -0.05) is 19.8 Å². The molecule has 0 unspecified atom stereocenters. The van der Waals surface area contributed by atoms with Crippen molar-refractivity contribution < 1.29 is 9.47 Å². The van der Waals surface area contributed by atoms with Gasteiger partial charge in [0.25, 0.3) is 0 Å². The Kier molecular flexibility index (Phi) is 8.95. The Morgan fingerprint density at radius 2 is 1.50 bits per heavy atom. The molecule has 2 heteroatoms. The van der Waals surface area contributed by atoms with Crippen LogP contribution in [0.25, 0.3) is 0 Å². The van der Waals surface area contributed by atoms with Crippen LogP contribution in [0.3, 0.4) is 0 Å². The molecule has 0 amide bonds. The third-order valence-electron chi connectivity index (χ3n) is 1.75. The first-order valence-corrected chi connectivity index (χ1v) is 5.08. The highest BCUT2D eigenvalue weighted by Crippen LogP contribution is 2.07. The maximum Gasteiger partial charge on any atom is 0.157 e. The van der Waals surface area contributed by atoms with E-state index in [1.807, 2.05) is 13.8 Å². The Hall–Kier alpha value is -0.0800. The van der Waals surface area contributed by atoms with Gasteiger partial charge >= 0.3 is 0 Å². The van der Waals surface area contributed by atoms with Crippen LogP contribution in [0.2, 0.25) is 0 Å². The molecule has 0 aromatic rings. The van der Waals surface area contributed by atoms with Crippen LogP contribution in [0.5, 0.6) is 0 Å². The number of rotatable bonds is 8. The van der Waals surface area contributed by atoms with E-state index in [0.29, 0.717) is 0 Å². The SMILES string of the molecule is CCCCCC(OCC)OCC. The zero-order chi connectivity index (χ0) is 9.23. The number of hydrogen-bond donors (Lipinski definition) is 0. The molecule has 0 bridgehead atoms. The fourth-order valence-corrected chi connectivity index (χ4v) is 1.15. The van der Waals surface area contributed by atoms with Gasteiger partial charge in [0.1, 0.15) is 0 Å². The molecule has 12 heavy (non-hydrogen) atoms. The van der Waals surface area contributed by atoms with Crippen LogP contribution >= 0.6 is 0 Å². The first-order valence-electron chi connectivity index (χ1n) is 5.08. The molecule has 0 N–H and O–H groups in total. The third-order valence-corrected chi connectivity index (χ3v) is 1.75. The van der Waals surface area contributed by atoms with E-state index in [0.717, 1.165) is 19.6 Å². The van der Waals surface area contributed by atoms with Crippen molar-refractivity contribution in [1.29, 1.82) is 0 Å². The predicted molar refractivity (Wildman–Crippen MR) is 51.2 cm³/mol. The Morgan fingerprint density at radius 3 is 1.92 bits per heavy atom. The summed E-state index contributed by atoms with van der Waals surface area (Å²) in [5.74, 6) is 0. The minimum absolute atomic E-state index is 0.0338. The topological polar surface area (TPSA) is 18.5 Å². The first-order chi connectivity index (χ1) is 5.85. The van der Waals surface area contributed by atoms with E-state index in [-0.39, 0.29) is 6.29 Å². The van der Waals surface area contributed by atoms with Crippen LogP contribution in [-0.4, -0.2) is 19.5 Å². The van der Waals surface area contributed by atoms with E-state index >= 15 is 0 Å². The third kappa shape index (κ3) is 6.62. The molecule has 0 radical (unpaired) electrons. The van der Waals surface area contributed by atoms with Gasteiger partial charge in [0, 0.05) is 13.2 Å². The molecule has 0 aliphatic heterocycles. The van der Waals surface area contributed by atoms with Crippen LogP contribution in [0.4, 0.5) is 0 Å². The van der Waals surface area contributed by atoms with Crippen molar-refractivity contribution in [3.63, 3.8) is 0 Å². The molecule has 0 saturated heterocycles. The smallest absolute Gasteiger partial charge is 0.157 e. The molecule has 74 valence electrons. The van der Waals surface area contributed by atoms with Gasteiger partial charge in [-0.25, -0.2) is 0 Å². The second-order valence-corrected chi connectivity index (χ2v) is 2.84. The first kappa shape index (κ1) is 11.9. The quantitative estimate of drug-likeness (QED) is 0.416. The Balaban J connectivity index is 3.34. The van der Waals surface area contributed by atoms with Crippen molar-refractivity contribution in [3.05, 3.63) is 0 Å². The summed E-state index contributed by atoms with van der Waals surface area (Å²) >= 11 is 0. The molecule has 0 fully saturated rings. The molecular weight excluding hydrogens is 152 g/mol. The fraction of sp³-hybridized carbons (Fsp3) is 1.00. The van der Waals surface area contributed by atoms with Gasteiger partial charge < -0.3 is 9.47 Å². The monoisotopic (exact) mass is 174 g/mol. The van der Waals surface area contributed by atoms with E-state index in [4.69, 9.17) is 9.47 Å². The summed E-state index contributed by atoms with van der Waals surface area (Å²) in [6, 6.07) is 0. The second-order valence-electron chi connectivity index (χ2n) is 2.84. The molecule has 0 rings (SSSR count). The zero-order valence-electron chi connectivity index (χ0n) is 8.64. The molecule has 0 aromatic carbocycles. The van der Waals surface area contributed by atoms with E-state index in [1.54, 1.807) is 0 Å². The Bertz CT molecular complexity index is 77.9. The summed E-state index contributed by atoms with van der Waals surface area (Å²) in [6.07, 6.45) is 4.81. The van der Waals surface area contributed by atoms with E-state index in [2.05, 4.69) is 6.92 Å². The van der Waals surface area contributed by atoms with Gasteiger partial charge in [0.05, 0.1) is 0 Å². The molecule has 0 aromatic heterocycles. The maximum atomic E-state index is 5.41. The molecular formula is C10H22O2. The van der Waals surface area contributed by atoms with E-state index < -0.39 is 0 Å². The van der Waals surface area contributed by atoms with Crippen LogP contribution in [0.15, 0.2) is 0 Å². The van der Waals surface area contributed by atoms with E-state index in [9.17, 15) is 0 Å². The second kappa shape index (κ2) is 9.01. The summed E-state index contributed by atoms with van der Waals surface area (Å²) < 4.78 is 10.8. The molecule has 0 saturated carbocycles. The average Bonchev–Trinajstić information content (AvgIpc) is 2.06. The lowest BCUT2D eigenvalue weighted by Gasteiger charge is -2.16. The highest BCUT2D eigenvalue weighted by atomic mass is 16.7. The predicted octanol–water partition coefficient (Wildman–Crippen LogP) is 2.97. The zero-order valence-corrected chi connectivity index (χ0v) is 8.64. The highest BCUT2D eigenvalue weighted by molar-refractivity contribution is 4.46. The summed E-state index contributed by atoms with van der Waals surface area (Å²) in [6.45, 7) is 7.71. The normalized spacial score (nSPS) is 11.0. The fourth-order valence-electron chi connectivity index (χ4n) is 1.15. The van der Waals surface area contributed by atoms with Crippen molar-refractivity contribution in [3.8, 4) is 0 Å². The lowest BCUT2D eigenvalue weighted by molar-refractivity contribution is -0.140. The maximum absolute atomic E-state index is 5.41. The van der Waals surface area contributed by atoms with Crippen molar-refractivity contribution >= 4 is 0 Å². The van der Waals surface area contributed by atoms with Crippen molar-refractivity contribution in [2.45, 2.75) is 52.7 Å². The van der Waals surface area contributed by atoms with Crippen LogP contribution in [-0.2, 0) is 9.47 Å². The largest absolute Gasteiger partial charge is 0.353 e. The van der Waals surface area contributed by atoms with Gasteiger partial charge in [-0.2, -0.15) is 0 Å². The minimum atomic E-state index is 0.0338. The Morgan fingerprint density at radius 1 is 0.917 bits per heavy atom. The van der Waals surface area contributed by atoms with Crippen molar-refractivity contribution in [2.24, 2.45) is 0 Å². The lowest BCUT2D eigenvalue weighted by atomic mass is 10.2. The molecule has 0 atom stereocenters. The molecule has 0 aliphatic rings. The standard InChI is InChI=1S/C10H22O2/c1-4-7-8-9-10(11-5-2)12-6-3/h10H,4-9H2,1-3H3. The number of ether oxygens (including phenoxy) is 2. The Labute approximate surface area is 76.3 Å². The number of unbranched alkanes of at least 4 members (excludes halogenated alkanes) is 2. The molecule has 0 heterocycles. The van der Waals surface area contributed by atoms with Gasteiger partial charge in [-0.3, -0.25) is 0 Å². The minimum Gasteiger partial charge on any atom is -0.353 e. The van der Waals surface area contributed by atoms with Crippen molar-refractivity contribution in [1.82, 2.24) is 0 Å². The van der Waals surface area contributed by atoms with Gasteiger partial charge in [0.2, 0.25) is 0 Å². The summed E-state index contributed by atoms with van der Waals surface area (Å²) in [7, 11) is 0. The number of hydrogen-bond acceptors (Lipinski definition) is 2. The van der Waals surface area contributed by atoms with Crippen LogP contribution in [0, 0.1) is 0 Å². The average molecular weight is 174 g/mol. The van der Waals surface area contributed by atoms with Crippen molar-refractivity contribution in [2.75, 3.05) is 13.2 Å². The lowest BCUT2D eigenvalue weighted by Crippen LogP contribution is -2.16. The van der Waals surface area contributed by atoms with Gasteiger partial charge in [-0.15, -0.1) is 0 Å². The molecule has 2 nitrogen and oxygen atoms in total. The summed E-state index contributed by atoms with van der Waals surface area (Å²) in [5, 5.41) is 0. The van der Waals surface area contributed by atoms with E-state index in [1.165, 1.54) is 19.3 Å². The van der Waals surface area contributed by atoms with Gasteiger partial charge in [0.15, 0.2) is 6.29 Å². The molecule has 0 spiro atoms.